The number of H-pyrrole nitrogens is 1. The number of rotatable bonds is 5. The summed E-state index contributed by atoms with van der Waals surface area (Å²) in [4.78, 5) is 3.45. The van der Waals surface area contributed by atoms with Crippen LogP contribution in [0.25, 0.3) is 10.9 Å². The minimum Gasteiger partial charge on any atom is -0.488 e. The fourth-order valence-electron chi connectivity index (χ4n) is 2.59. The molecule has 0 radical (unpaired) electrons. The zero-order valence-corrected chi connectivity index (χ0v) is 11.7. The van der Waals surface area contributed by atoms with Crippen molar-refractivity contribution in [3.8, 4) is 5.75 Å². The van der Waals surface area contributed by atoms with Gasteiger partial charge in [0.25, 0.3) is 0 Å². The van der Waals surface area contributed by atoms with Crippen molar-refractivity contribution in [1.82, 2.24) is 4.98 Å². The van der Waals surface area contributed by atoms with E-state index in [2.05, 4.69) is 29.2 Å². The summed E-state index contributed by atoms with van der Waals surface area (Å²) >= 11 is 0. The third kappa shape index (κ3) is 2.78. The summed E-state index contributed by atoms with van der Waals surface area (Å²) in [5.41, 5.74) is 3.51. The molecule has 0 amide bonds. The molecule has 1 saturated heterocycles. The predicted molar refractivity (Wildman–Crippen MR) is 82.5 cm³/mol. The van der Waals surface area contributed by atoms with Crippen LogP contribution in [0.1, 0.15) is 11.3 Å². The van der Waals surface area contributed by atoms with Crippen molar-refractivity contribution >= 4 is 10.9 Å². The molecule has 1 aromatic heterocycles. The van der Waals surface area contributed by atoms with E-state index in [1.54, 1.807) is 0 Å². The fraction of sp³-hybridized carbons (Fsp3) is 0.222. The van der Waals surface area contributed by atoms with E-state index < -0.39 is 0 Å². The highest BCUT2D eigenvalue weighted by Crippen LogP contribution is 2.28. The lowest BCUT2D eigenvalue weighted by Crippen LogP contribution is -1.95. The molecule has 0 bridgehead atoms. The van der Waals surface area contributed by atoms with Gasteiger partial charge in [-0.05, 0) is 23.8 Å². The number of epoxide rings is 1. The van der Waals surface area contributed by atoms with E-state index in [0.717, 1.165) is 29.7 Å². The molecule has 1 aliphatic rings. The van der Waals surface area contributed by atoms with Gasteiger partial charge in [-0.2, -0.15) is 0 Å². The number of fused-ring (bicyclic) bond motifs is 1. The number of hydrogen-bond acceptors (Lipinski definition) is 2. The molecule has 3 nitrogen and oxygen atoms in total. The minimum absolute atomic E-state index is 0.395. The molecule has 1 atom stereocenters. The van der Waals surface area contributed by atoms with E-state index in [0.29, 0.717) is 12.7 Å². The Kier molecular flexibility index (Phi) is 3.13. The van der Waals surface area contributed by atoms with Gasteiger partial charge in [0.05, 0.1) is 12.7 Å². The molecular weight excluding hydrogens is 262 g/mol. The lowest BCUT2D eigenvalue weighted by molar-refractivity contribution is 0.310. The van der Waals surface area contributed by atoms with Crippen molar-refractivity contribution in [2.75, 3.05) is 6.61 Å². The van der Waals surface area contributed by atoms with Crippen molar-refractivity contribution in [2.24, 2.45) is 0 Å². The van der Waals surface area contributed by atoms with Crippen LogP contribution >= 0.6 is 0 Å². The number of aromatic amines is 1. The van der Waals surface area contributed by atoms with Crippen LogP contribution in [0.3, 0.4) is 0 Å². The lowest BCUT2D eigenvalue weighted by atomic mass is 10.2. The molecule has 3 aromatic rings. The van der Waals surface area contributed by atoms with Crippen LogP contribution in [-0.2, 0) is 17.8 Å². The lowest BCUT2D eigenvalue weighted by Gasteiger charge is -2.07. The van der Waals surface area contributed by atoms with Crippen LogP contribution in [0.2, 0.25) is 0 Å². The molecule has 106 valence electrons. The van der Waals surface area contributed by atoms with Gasteiger partial charge in [-0.25, -0.2) is 0 Å². The zero-order valence-electron chi connectivity index (χ0n) is 11.7. The van der Waals surface area contributed by atoms with E-state index in [1.165, 1.54) is 11.3 Å². The summed E-state index contributed by atoms with van der Waals surface area (Å²) in [7, 11) is 0. The van der Waals surface area contributed by atoms with Gasteiger partial charge in [0, 0.05) is 23.0 Å². The van der Waals surface area contributed by atoms with Gasteiger partial charge in [-0.15, -0.1) is 0 Å². The molecule has 1 unspecified atom stereocenters. The van der Waals surface area contributed by atoms with Crippen molar-refractivity contribution < 1.29 is 9.47 Å². The molecule has 2 heterocycles. The summed E-state index contributed by atoms with van der Waals surface area (Å²) in [5, 5.41) is 1.14. The van der Waals surface area contributed by atoms with Crippen LogP contribution in [0.4, 0.5) is 0 Å². The van der Waals surface area contributed by atoms with Crippen molar-refractivity contribution in [3.05, 3.63) is 65.9 Å². The maximum Gasteiger partial charge on any atom is 0.129 e. The third-order valence-electron chi connectivity index (χ3n) is 3.77. The van der Waals surface area contributed by atoms with Crippen LogP contribution in [0.5, 0.6) is 5.75 Å². The summed E-state index contributed by atoms with van der Waals surface area (Å²) in [6.45, 7) is 1.47. The molecule has 21 heavy (non-hydrogen) atoms. The molecule has 3 heteroatoms. The maximum absolute atomic E-state index is 5.99. The quantitative estimate of drug-likeness (QED) is 0.723. The standard InChI is InChI=1S/C18H17NO2/c1-2-5-13(6-3-1)11-21-18-8-4-7-17-16(18)10-14(19-17)9-15-12-20-15/h1-8,10,15,19H,9,11-12H2. The minimum atomic E-state index is 0.395. The SMILES string of the molecule is c1ccc(COc2cccc3[nH]c(CC4CO4)cc23)cc1. The average Bonchev–Trinajstić information content (AvgIpc) is 3.23. The second-order valence-corrected chi connectivity index (χ2v) is 5.45. The monoisotopic (exact) mass is 279 g/mol. The highest BCUT2D eigenvalue weighted by molar-refractivity contribution is 5.86. The Hall–Kier alpha value is -2.26. The largest absolute Gasteiger partial charge is 0.488 e. The molecule has 0 spiro atoms. The van der Waals surface area contributed by atoms with Gasteiger partial charge >= 0.3 is 0 Å². The number of hydrogen-bond donors (Lipinski definition) is 1. The van der Waals surface area contributed by atoms with Crippen molar-refractivity contribution in [1.29, 1.82) is 0 Å². The van der Waals surface area contributed by atoms with Crippen molar-refractivity contribution in [3.63, 3.8) is 0 Å². The van der Waals surface area contributed by atoms with Gasteiger partial charge < -0.3 is 14.5 Å². The first-order valence-electron chi connectivity index (χ1n) is 7.27. The second kappa shape index (κ2) is 5.26. The smallest absolute Gasteiger partial charge is 0.129 e. The highest BCUT2D eigenvalue weighted by atomic mass is 16.6. The van der Waals surface area contributed by atoms with Gasteiger partial charge in [0.1, 0.15) is 12.4 Å². The molecule has 1 aliphatic heterocycles. The van der Waals surface area contributed by atoms with Gasteiger partial charge in [0.15, 0.2) is 0 Å². The Balaban J connectivity index is 1.57. The van der Waals surface area contributed by atoms with Gasteiger partial charge in [-0.1, -0.05) is 36.4 Å². The van der Waals surface area contributed by atoms with E-state index >= 15 is 0 Å². The normalized spacial score (nSPS) is 17.0. The van der Waals surface area contributed by atoms with Crippen LogP contribution in [0.15, 0.2) is 54.6 Å². The molecule has 0 aliphatic carbocycles. The van der Waals surface area contributed by atoms with Crippen LogP contribution in [-0.4, -0.2) is 17.7 Å². The third-order valence-corrected chi connectivity index (χ3v) is 3.77. The molecular formula is C18H17NO2. The molecule has 0 saturated carbocycles. The Morgan fingerprint density at radius 1 is 1.10 bits per heavy atom. The zero-order chi connectivity index (χ0) is 14.1. The first-order valence-corrected chi connectivity index (χ1v) is 7.27. The Bertz CT molecular complexity index is 744. The molecule has 1 N–H and O–H groups in total. The Labute approximate surface area is 123 Å². The molecule has 1 fully saturated rings. The number of ether oxygens (including phenoxy) is 2. The summed E-state index contributed by atoms with van der Waals surface area (Å²) in [6, 6.07) is 18.5. The predicted octanol–water partition coefficient (Wildman–Crippen LogP) is 3.69. The Morgan fingerprint density at radius 2 is 1.95 bits per heavy atom. The highest BCUT2D eigenvalue weighted by Gasteiger charge is 2.23. The summed E-state index contributed by atoms with van der Waals surface area (Å²) < 4.78 is 11.3. The Morgan fingerprint density at radius 3 is 2.76 bits per heavy atom. The van der Waals surface area contributed by atoms with E-state index in [9.17, 15) is 0 Å². The average molecular weight is 279 g/mol. The summed E-state index contributed by atoms with van der Waals surface area (Å²) in [5.74, 6) is 0.926. The van der Waals surface area contributed by atoms with Gasteiger partial charge in [0.2, 0.25) is 0 Å². The van der Waals surface area contributed by atoms with Crippen LogP contribution < -0.4 is 4.74 Å². The number of aromatic nitrogens is 1. The first-order chi connectivity index (χ1) is 10.4. The van der Waals surface area contributed by atoms with E-state index in [4.69, 9.17) is 9.47 Å². The second-order valence-electron chi connectivity index (χ2n) is 5.45. The topological polar surface area (TPSA) is 37.5 Å². The first kappa shape index (κ1) is 12.5. The van der Waals surface area contributed by atoms with Gasteiger partial charge in [-0.3, -0.25) is 0 Å². The molecule has 2 aromatic carbocycles. The number of nitrogens with one attached hydrogen (secondary N) is 1. The number of benzene rings is 2. The van der Waals surface area contributed by atoms with Crippen molar-refractivity contribution in [2.45, 2.75) is 19.1 Å². The molecule has 4 rings (SSSR count). The van der Waals surface area contributed by atoms with E-state index in [1.807, 2.05) is 30.3 Å². The maximum atomic E-state index is 5.99. The summed E-state index contributed by atoms with van der Waals surface area (Å²) in [6.07, 6.45) is 1.35. The van der Waals surface area contributed by atoms with Crippen LogP contribution in [0, 0.1) is 0 Å². The van der Waals surface area contributed by atoms with E-state index in [-0.39, 0.29) is 0 Å². The fourth-order valence-corrected chi connectivity index (χ4v) is 2.59.